The second-order valence-electron chi connectivity index (χ2n) is 4.51. The molecule has 0 N–H and O–H groups in total. The molecule has 4 nitrogen and oxygen atoms in total. The van der Waals surface area contributed by atoms with E-state index in [1.165, 1.54) is 52.4 Å². The van der Waals surface area contributed by atoms with Gasteiger partial charge in [-0.1, -0.05) is 27.7 Å². The summed E-state index contributed by atoms with van der Waals surface area (Å²) in [7, 11) is 4.42. The fourth-order valence-electron chi connectivity index (χ4n) is 2.16. The van der Waals surface area contributed by atoms with Gasteiger partial charge in [0.15, 0.2) is 0 Å². The van der Waals surface area contributed by atoms with Crippen molar-refractivity contribution >= 4 is 0 Å². The summed E-state index contributed by atoms with van der Waals surface area (Å²) in [6.45, 7) is 17.7. The fraction of sp³-hybridized carbons (Fsp3) is 1.00. The van der Waals surface area contributed by atoms with Crippen LogP contribution in [0.1, 0.15) is 27.7 Å². The molecule has 2 rings (SSSR count). The Morgan fingerprint density at radius 1 is 0.444 bits per heavy atom. The molecule has 0 aromatic carbocycles. The van der Waals surface area contributed by atoms with E-state index >= 15 is 0 Å². The largest absolute Gasteiger partial charge is 0.304 e. The third-order valence-corrected chi connectivity index (χ3v) is 3.36. The topological polar surface area (TPSA) is 13.0 Å². The van der Waals surface area contributed by atoms with Gasteiger partial charge in [0.1, 0.15) is 0 Å². The lowest BCUT2D eigenvalue weighted by atomic mass is 10.3. The molecule has 0 atom stereocenters. The molecule has 0 bridgehead atoms. The molecular formula is C14H34N4. The zero-order chi connectivity index (χ0) is 14.0. The molecule has 2 aliphatic heterocycles. The lowest BCUT2D eigenvalue weighted by Gasteiger charge is -2.43. The van der Waals surface area contributed by atoms with Crippen molar-refractivity contribution in [3.63, 3.8) is 0 Å². The third-order valence-electron chi connectivity index (χ3n) is 3.36. The molecule has 18 heavy (non-hydrogen) atoms. The maximum absolute atomic E-state index is 2.53. The Morgan fingerprint density at radius 2 is 0.667 bits per heavy atom. The first-order chi connectivity index (χ1) is 8.75. The Balaban J connectivity index is 0.000000659. The minimum absolute atomic E-state index is 1.21. The highest BCUT2D eigenvalue weighted by Crippen LogP contribution is 2.07. The molecule has 2 fully saturated rings. The van der Waals surface area contributed by atoms with Crippen LogP contribution in [-0.4, -0.2) is 86.3 Å². The van der Waals surface area contributed by atoms with Crippen molar-refractivity contribution in [2.45, 2.75) is 27.7 Å². The van der Waals surface area contributed by atoms with Crippen LogP contribution in [0.5, 0.6) is 0 Å². The van der Waals surface area contributed by atoms with Crippen LogP contribution in [-0.2, 0) is 0 Å². The van der Waals surface area contributed by atoms with Crippen molar-refractivity contribution in [3.8, 4) is 0 Å². The molecule has 0 aromatic rings. The van der Waals surface area contributed by atoms with Gasteiger partial charge in [-0.2, -0.15) is 0 Å². The van der Waals surface area contributed by atoms with Gasteiger partial charge in [0.2, 0.25) is 0 Å². The smallest absolute Gasteiger partial charge is 0.0261 e. The highest BCUT2D eigenvalue weighted by Gasteiger charge is 2.22. The Labute approximate surface area is 114 Å². The van der Waals surface area contributed by atoms with Crippen LogP contribution in [0.2, 0.25) is 0 Å². The lowest BCUT2D eigenvalue weighted by Crippen LogP contribution is -2.57. The number of rotatable bonds is 1. The van der Waals surface area contributed by atoms with Gasteiger partial charge in [0.05, 0.1) is 0 Å². The first-order valence-corrected chi connectivity index (χ1v) is 7.62. The zero-order valence-corrected chi connectivity index (χ0v) is 13.4. The second-order valence-corrected chi connectivity index (χ2v) is 4.51. The summed E-state index contributed by atoms with van der Waals surface area (Å²) in [5, 5.41) is 5.07. The van der Waals surface area contributed by atoms with Crippen LogP contribution in [0.4, 0.5) is 0 Å². The number of nitrogens with zero attached hydrogens (tertiary/aromatic N) is 4. The molecular weight excluding hydrogens is 224 g/mol. The Morgan fingerprint density at radius 3 is 0.889 bits per heavy atom. The fourth-order valence-corrected chi connectivity index (χ4v) is 2.16. The monoisotopic (exact) mass is 258 g/mol. The molecule has 0 amide bonds. The maximum atomic E-state index is 2.53. The van der Waals surface area contributed by atoms with Crippen molar-refractivity contribution in [1.82, 2.24) is 19.8 Å². The quantitative estimate of drug-likeness (QED) is 0.706. The third kappa shape index (κ3) is 6.14. The van der Waals surface area contributed by atoms with Gasteiger partial charge in [-0.3, -0.25) is 0 Å². The van der Waals surface area contributed by atoms with E-state index in [0.29, 0.717) is 0 Å². The van der Waals surface area contributed by atoms with E-state index in [9.17, 15) is 0 Å². The molecule has 0 aromatic heterocycles. The van der Waals surface area contributed by atoms with Crippen molar-refractivity contribution in [2.24, 2.45) is 0 Å². The summed E-state index contributed by atoms with van der Waals surface area (Å²) >= 11 is 0. The molecule has 0 unspecified atom stereocenters. The average Bonchev–Trinajstić information content (AvgIpc) is 2.45. The Bertz CT molecular complexity index is 151. The molecule has 0 spiro atoms. The summed E-state index contributed by atoms with van der Waals surface area (Å²) in [5.74, 6) is 0. The molecule has 0 radical (unpaired) electrons. The molecule has 0 aliphatic carbocycles. The van der Waals surface area contributed by atoms with E-state index in [1.807, 2.05) is 27.7 Å². The van der Waals surface area contributed by atoms with Crippen molar-refractivity contribution in [2.75, 3.05) is 66.5 Å². The normalized spacial score (nSPS) is 23.7. The second kappa shape index (κ2) is 10.7. The molecule has 4 heteroatoms. The van der Waals surface area contributed by atoms with Crippen LogP contribution in [0.3, 0.4) is 0 Å². The molecule has 110 valence electrons. The van der Waals surface area contributed by atoms with Crippen LogP contribution in [0.15, 0.2) is 0 Å². The molecule has 2 saturated heterocycles. The number of hydrogen-bond acceptors (Lipinski definition) is 4. The summed E-state index contributed by atoms with van der Waals surface area (Å²) in [6, 6.07) is 0. The molecule has 2 heterocycles. The van der Waals surface area contributed by atoms with Gasteiger partial charge >= 0.3 is 0 Å². The maximum Gasteiger partial charge on any atom is 0.0261 e. The van der Waals surface area contributed by atoms with E-state index in [-0.39, 0.29) is 0 Å². The number of piperazine rings is 2. The van der Waals surface area contributed by atoms with E-state index in [4.69, 9.17) is 0 Å². The van der Waals surface area contributed by atoms with Crippen LogP contribution >= 0.6 is 0 Å². The number of likely N-dealkylation sites (N-methyl/N-ethyl adjacent to an activating group) is 2. The van der Waals surface area contributed by atoms with E-state index in [0.717, 1.165) is 0 Å². The van der Waals surface area contributed by atoms with Crippen molar-refractivity contribution in [1.29, 1.82) is 0 Å². The van der Waals surface area contributed by atoms with E-state index in [1.54, 1.807) is 0 Å². The SMILES string of the molecule is CC.CC.CN1CCN(N2CCN(C)CC2)CC1. The molecule has 2 aliphatic rings. The Hall–Kier alpha value is -0.160. The lowest BCUT2D eigenvalue weighted by molar-refractivity contribution is -0.0754. The van der Waals surface area contributed by atoms with Crippen LogP contribution in [0.25, 0.3) is 0 Å². The minimum atomic E-state index is 1.21. The predicted molar refractivity (Wildman–Crippen MR) is 80.8 cm³/mol. The molecule has 0 saturated carbocycles. The van der Waals surface area contributed by atoms with Crippen LogP contribution < -0.4 is 0 Å². The van der Waals surface area contributed by atoms with Gasteiger partial charge < -0.3 is 9.80 Å². The highest BCUT2D eigenvalue weighted by molar-refractivity contribution is 4.72. The van der Waals surface area contributed by atoms with Gasteiger partial charge in [0.25, 0.3) is 0 Å². The van der Waals surface area contributed by atoms with Gasteiger partial charge in [0, 0.05) is 52.4 Å². The summed E-state index contributed by atoms with van der Waals surface area (Å²) in [5.41, 5.74) is 0. The number of hydrogen-bond donors (Lipinski definition) is 0. The van der Waals surface area contributed by atoms with Gasteiger partial charge in [-0.05, 0) is 14.1 Å². The highest BCUT2D eigenvalue weighted by atomic mass is 15.6. The Kier molecular flexibility index (Phi) is 10.6. The minimum Gasteiger partial charge on any atom is -0.304 e. The first-order valence-electron chi connectivity index (χ1n) is 7.62. The van der Waals surface area contributed by atoms with Gasteiger partial charge in [-0.15, -0.1) is 0 Å². The first kappa shape index (κ1) is 17.8. The average molecular weight is 258 g/mol. The van der Waals surface area contributed by atoms with Crippen LogP contribution in [0, 0.1) is 0 Å². The van der Waals surface area contributed by atoms with E-state index < -0.39 is 0 Å². The summed E-state index contributed by atoms with van der Waals surface area (Å²) in [6.07, 6.45) is 0. The predicted octanol–water partition coefficient (Wildman–Crippen LogP) is 1.45. The summed E-state index contributed by atoms with van der Waals surface area (Å²) < 4.78 is 0. The standard InChI is InChI=1S/C10H22N4.2C2H6/c1-11-3-7-13(8-4-11)14-9-5-12(2)6-10-14;2*1-2/h3-10H2,1-2H3;2*1-2H3. The number of hydrazine groups is 1. The van der Waals surface area contributed by atoms with Crippen molar-refractivity contribution in [3.05, 3.63) is 0 Å². The van der Waals surface area contributed by atoms with Gasteiger partial charge in [-0.25, -0.2) is 10.0 Å². The zero-order valence-electron chi connectivity index (χ0n) is 13.4. The van der Waals surface area contributed by atoms with E-state index in [2.05, 4.69) is 33.9 Å². The summed E-state index contributed by atoms with van der Waals surface area (Å²) in [4.78, 5) is 4.82. The van der Waals surface area contributed by atoms with Crippen molar-refractivity contribution < 1.29 is 0 Å².